The molecule has 0 saturated carbocycles. The summed E-state index contributed by atoms with van der Waals surface area (Å²) in [4.78, 5) is 21.4. The Morgan fingerprint density at radius 3 is 2.65 bits per heavy atom. The number of halogens is 1. The first-order valence-electron chi connectivity index (χ1n) is 5.84. The monoisotopic (exact) mass is 301 g/mol. The largest absolute Gasteiger partial charge is 0.481 e. The van der Waals surface area contributed by atoms with E-state index in [2.05, 4.69) is 0 Å². The molecule has 0 radical (unpaired) electrons. The van der Waals surface area contributed by atoms with E-state index in [4.69, 9.17) is 26.2 Å². The molecule has 0 unspecified atom stereocenters. The summed E-state index contributed by atoms with van der Waals surface area (Å²) >= 11 is 5.74. The lowest BCUT2D eigenvalue weighted by atomic mass is 10.0. The van der Waals surface area contributed by atoms with Crippen molar-refractivity contribution in [1.82, 2.24) is 0 Å². The van der Waals surface area contributed by atoms with Gasteiger partial charge in [-0.05, 0) is 6.07 Å². The molecule has 1 aromatic rings. The first-order chi connectivity index (χ1) is 9.42. The molecule has 1 aliphatic rings. The van der Waals surface area contributed by atoms with Gasteiger partial charge in [0, 0.05) is 23.1 Å². The summed E-state index contributed by atoms with van der Waals surface area (Å²) in [6.07, 6.45) is -0.403. The molecule has 8 heteroatoms. The molecule has 1 N–H and O–H groups in total. The molecule has 1 aliphatic heterocycles. The third kappa shape index (κ3) is 3.24. The van der Waals surface area contributed by atoms with Crippen LogP contribution in [0.15, 0.2) is 18.2 Å². The Morgan fingerprint density at radius 1 is 1.45 bits per heavy atom. The van der Waals surface area contributed by atoms with Gasteiger partial charge in [0.15, 0.2) is 5.79 Å². The van der Waals surface area contributed by atoms with Crippen molar-refractivity contribution >= 4 is 23.3 Å². The van der Waals surface area contributed by atoms with E-state index in [0.717, 1.165) is 0 Å². The minimum Gasteiger partial charge on any atom is -0.481 e. The van der Waals surface area contributed by atoms with Gasteiger partial charge in [0.05, 0.1) is 24.6 Å². The van der Waals surface area contributed by atoms with Gasteiger partial charge in [-0.15, -0.1) is 0 Å². The van der Waals surface area contributed by atoms with Gasteiger partial charge in [-0.2, -0.15) is 0 Å². The fourth-order valence-electron chi connectivity index (χ4n) is 2.14. The van der Waals surface area contributed by atoms with Crippen molar-refractivity contribution in [1.29, 1.82) is 0 Å². The minimum absolute atomic E-state index is 0.0210. The second-order valence-electron chi connectivity index (χ2n) is 4.39. The van der Waals surface area contributed by atoms with Crippen LogP contribution in [0.2, 0.25) is 5.02 Å². The Balaban J connectivity index is 2.31. The zero-order valence-electron chi connectivity index (χ0n) is 10.4. The summed E-state index contributed by atoms with van der Waals surface area (Å²) in [6.45, 7) is 0.517. The lowest BCUT2D eigenvalue weighted by Crippen LogP contribution is -2.35. The molecule has 1 saturated heterocycles. The molecule has 0 aliphatic carbocycles. The number of nitrogens with zero attached hydrogens (tertiary/aromatic N) is 1. The van der Waals surface area contributed by atoms with Gasteiger partial charge in [0.1, 0.15) is 0 Å². The number of carbonyl (C=O) groups is 1. The van der Waals surface area contributed by atoms with Crippen molar-refractivity contribution in [2.45, 2.75) is 18.6 Å². The van der Waals surface area contributed by atoms with Crippen LogP contribution < -0.4 is 0 Å². The molecule has 0 amide bonds. The third-order valence-corrected chi connectivity index (χ3v) is 3.17. The van der Waals surface area contributed by atoms with Gasteiger partial charge < -0.3 is 14.6 Å². The average Bonchev–Trinajstić information content (AvgIpc) is 2.78. The van der Waals surface area contributed by atoms with Crippen molar-refractivity contribution < 1.29 is 24.3 Å². The SMILES string of the molecule is O=C(O)CC1(Cc2ccc(Cl)cc2[N+](=O)[O-])OCCO1. The van der Waals surface area contributed by atoms with Crippen LogP contribution >= 0.6 is 11.6 Å². The van der Waals surface area contributed by atoms with Gasteiger partial charge in [-0.3, -0.25) is 14.9 Å². The van der Waals surface area contributed by atoms with E-state index < -0.39 is 16.7 Å². The zero-order valence-corrected chi connectivity index (χ0v) is 11.1. The molecule has 20 heavy (non-hydrogen) atoms. The standard InChI is InChI=1S/C12H12ClNO6/c13-9-2-1-8(10(5-9)14(17)18)6-12(7-11(15)16)19-3-4-20-12/h1-2,5H,3-4,6-7H2,(H,15,16). The zero-order chi connectivity index (χ0) is 14.8. The van der Waals surface area contributed by atoms with E-state index in [1.165, 1.54) is 18.2 Å². The molecule has 0 spiro atoms. The number of nitro groups is 1. The van der Waals surface area contributed by atoms with Gasteiger partial charge in [-0.25, -0.2) is 0 Å². The van der Waals surface area contributed by atoms with E-state index in [9.17, 15) is 14.9 Å². The molecular formula is C12H12ClNO6. The molecule has 108 valence electrons. The lowest BCUT2D eigenvalue weighted by molar-refractivity contribution is -0.386. The van der Waals surface area contributed by atoms with Gasteiger partial charge in [-0.1, -0.05) is 17.7 Å². The van der Waals surface area contributed by atoms with Crippen molar-refractivity contribution in [2.75, 3.05) is 13.2 Å². The summed E-state index contributed by atoms with van der Waals surface area (Å²) < 4.78 is 10.7. The minimum atomic E-state index is -1.36. The Hall–Kier alpha value is -1.70. The van der Waals surface area contributed by atoms with Gasteiger partial charge in [0.2, 0.25) is 0 Å². The molecule has 0 atom stereocenters. The Labute approximate surface area is 119 Å². The number of benzene rings is 1. The fourth-order valence-corrected chi connectivity index (χ4v) is 2.31. The number of carboxylic acid groups (broad SMARTS) is 1. The van der Waals surface area contributed by atoms with Crippen molar-refractivity contribution in [3.63, 3.8) is 0 Å². The molecule has 7 nitrogen and oxygen atoms in total. The van der Waals surface area contributed by atoms with Gasteiger partial charge >= 0.3 is 5.97 Å². The summed E-state index contributed by atoms with van der Waals surface area (Å²) in [7, 11) is 0. The first-order valence-corrected chi connectivity index (χ1v) is 6.22. The molecule has 1 fully saturated rings. The van der Waals surface area contributed by atoms with Crippen LogP contribution in [0.4, 0.5) is 5.69 Å². The van der Waals surface area contributed by atoms with Crippen LogP contribution in [0.5, 0.6) is 0 Å². The maximum absolute atomic E-state index is 11.0. The lowest BCUT2D eigenvalue weighted by Gasteiger charge is -2.25. The highest BCUT2D eigenvalue weighted by molar-refractivity contribution is 6.30. The smallest absolute Gasteiger partial charge is 0.308 e. The molecular weight excluding hydrogens is 290 g/mol. The van der Waals surface area contributed by atoms with Crippen LogP contribution in [0.1, 0.15) is 12.0 Å². The van der Waals surface area contributed by atoms with Crippen molar-refractivity contribution in [2.24, 2.45) is 0 Å². The summed E-state index contributed by atoms with van der Waals surface area (Å²) in [5.41, 5.74) is 0.143. The molecule has 1 aromatic carbocycles. The van der Waals surface area contributed by atoms with Crippen LogP contribution in [-0.4, -0.2) is 35.0 Å². The predicted octanol–water partition coefficient (Wildman–Crippen LogP) is 2.01. The van der Waals surface area contributed by atoms with E-state index >= 15 is 0 Å². The van der Waals surface area contributed by atoms with E-state index in [1.807, 2.05) is 0 Å². The van der Waals surface area contributed by atoms with Crippen LogP contribution in [0, 0.1) is 10.1 Å². The van der Waals surface area contributed by atoms with Crippen molar-refractivity contribution in [3.05, 3.63) is 38.9 Å². The molecule has 2 rings (SSSR count). The predicted molar refractivity (Wildman–Crippen MR) is 68.7 cm³/mol. The average molecular weight is 302 g/mol. The topological polar surface area (TPSA) is 98.9 Å². The number of rotatable bonds is 5. The number of nitro benzene ring substituents is 1. The van der Waals surface area contributed by atoms with Crippen molar-refractivity contribution in [3.8, 4) is 0 Å². The molecule has 0 aromatic heterocycles. The van der Waals surface area contributed by atoms with Crippen LogP contribution in [-0.2, 0) is 20.7 Å². The molecule has 1 heterocycles. The second kappa shape index (κ2) is 5.74. The maximum atomic E-state index is 11.0. The van der Waals surface area contributed by atoms with Crippen LogP contribution in [0.3, 0.4) is 0 Å². The third-order valence-electron chi connectivity index (χ3n) is 2.94. The highest BCUT2D eigenvalue weighted by atomic mass is 35.5. The highest BCUT2D eigenvalue weighted by Crippen LogP contribution is 2.32. The first kappa shape index (κ1) is 14.7. The summed E-state index contributed by atoms with van der Waals surface area (Å²) in [6, 6.07) is 4.21. The Morgan fingerprint density at radius 2 is 2.10 bits per heavy atom. The number of hydrogen-bond donors (Lipinski definition) is 1. The quantitative estimate of drug-likeness (QED) is 0.659. The number of carboxylic acids is 1. The van der Waals surface area contributed by atoms with Gasteiger partial charge in [0.25, 0.3) is 5.69 Å². The number of aliphatic carboxylic acids is 1. The Bertz CT molecular complexity index is 541. The highest BCUT2D eigenvalue weighted by Gasteiger charge is 2.40. The summed E-state index contributed by atoms with van der Waals surface area (Å²) in [5, 5.41) is 20.2. The maximum Gasteiger partial charge on any atom is 0.308 e. The van der Waals surface area contributed by atoms with E-state index in [-0.39, 0.29) is 36.8 Å². The van der Waals surface area contributed by atoms with Crippen LogP contribution in [0.25, 0.3) is 0 Å². The summed E-state index contributed by atoms with van der Waals surface area (Å²) in [5.74, 6) is -2.45. The number of hydrogen-bond acceptors (Lipinski definition) is 5. The fraction of sp³-hybridized carbons (Fsp3) is 0.417. The normalized spacial score (nSPS) is 17.1. The molecule has 0 bridgehead atoms. The Kier molecular flexibility index (Phi) is 4.22. The van der Waals surface area contributed by atoms with E-state index in [1.54, 1.807) is 0 Å². The van der Waals surface area contributed by atoms with E-state index in [0.29, 0.717) is 5.56 Å². The second-order valence-corrected chi connectivity index (χ2v) is 4.82. The number of ether oxygens (including phenoxy) is 2.